The first-order valence-corrected chi connectivity index (χ1v) is 6.75. The van der Waals surface area contributed by atoms with Gasteiger partial charge in [0.2, 0.25) is 5.91 Å². The number of nitrogens with one attached hydrogen (secondary N) is 1. The maximum atomic E-state index is 13.0. The molecule has 0 aliphatic heterocycles. The van der Waals surface area contributed by atoms with Crippen molar-refractivity contribution in [3.05, 3.63) is 35.6 Å². The van der Waals surface area contributed by atoms with Gasteiger partial charge in [0, 0.05) is 0 Å². The normalized spacial score (nSPS) is 18.5. The molecule has 1 atom stereocenters. The third-order valence-corrected chi connectivity index (χ3v) is 4.01. The molecule has 1 aliphatic carbocycles. The summed E-state index contributed by atoms with van der Waals surface area (Å²) in [6.45, 7) is 1.44. The quantitative estimate of drug-likeness (QED) is 0.888. The van der Waals surface area contributed by atoms with Gasteiger partial charge in [-0.3, -0.25) is 9.59 Å². The van der Waals surface area contributed by atoms with E-state index in [9.17, 15) is 14.0 Å². The first-order valence-electron chi connectivity index (χ1n) is 6.75. The van der Waals surface area contributed by atoms with Crippen LogP contribution in [0.5, 0.6) is 0 Å². The number of benzene rings is 1. The van der Waals surface area contributed by atoms with Gasteiger partial charge in [-0.15, -0.1) is 0 Å². The number of halogens is 1. The zero-order chi connectivity index (χ0) is 14.8. The highest BCUT2D eigenvalue weighted by molar-refractivity contribution is 5.91. The van der Waals surface area contributed by atoms with Crippen molar-refractivity contribution in [3.8, 4) is 0 Å². The van der Waals surface area contributed by atoms with Gasteiger partial charge in [-0.25, -0.2) is 4.39 Å². The lowest BCUT2D eigenvalue weighted by atomic mass is 9.78. The number of carboxylic acids is 1. The molecule has 1 aromatic carbocycles. The van der Waals surface area contributed by atoms with Crippen molar-refractivity contribution in [2.75, 3.05) is 0 Å². The summed E-state index contributed by atoms with van der Waals surface area (Å²) in [7, 11) is 0. The molecule has 1 aliphatic rings. The first kappa shape index (κ1) is 14.5. The Morgan fingerprint density at radius 1 is 1.25 bits per heavy atom. The molecule has 2 rings (SSSR count). The lowest BCUT2D eigenvalue weighted by molar-refractivity contribution is -0.142. The highest BCUT2D eigenvalue weighted by Crippen LogP contribution is 2.41. The zero-order valence-electron chi connectivity index (χ0n) is 11.4. The van der Waals surface area contributed by atoms with Gasteiger partial charge in [0.1, 0.15) is 11.9 Å². The standard InChI is InChI=1S/C15H18FNO3/c1-10(13(18)19)17-14(20)15(8-2-3-9-15)11-4-6-12(16)7-5-11/h4-7,10H,2-3,8-9H2,1H3,(H,17,20)(H,18,19). The predicted octanol–water partition coefficient (Wildman–Crippen LogP) is 2.23. The van der Waals surface area contributed by atoms with Crippen LogP contribution in [0.15, 0.2) is 24.3 Å². The number of rotatable bonds is 4. The molecule has 0 radical (unpaired) electrons. The maximum absolute atomic E-state index is 13.0. The van der Waals surface area contributed by atoms with E-state index in [1.807, 2.05) is 0 Å². The van der Waals surface area contributed by atoms with E-state index in [0.29, 0.717) is 12.8 Å². The largest absolute Gasteiger partial charge is 0.480 e. The van der Waals surface area contributed by atoms with Crippen LogP contribution >= 0.6 is 0 Å². The van der Waals surface area contributed by atoms with Crippen LogP contribution in [0, 0.1) is 5.82 Å². The summed E-state index contributed by atoms with van der Waals surface area (Å²) in [5.74, 6) is -1.69. The molecule has 2 N–H and O–H groups in total. The van der Waals surface area contributed by atoms with Gasteiger partial charge in [-0.1, -0.05) is 25.0 Å². The first-order chi connectivity index (χ1) is 9.45. The fourth-order valence-electron chi connectivity index (χ4n) is 2.79. The molecule has 0 spiro atoms. The SMILES string of the molecule is CC(NC(=O)C1(c2ccc(F)cc2)CCCC1)C(=O)O. The molecule has 5 heteroatoms. The van der Waals surface area contributed by atoms with E-state index in [1.54, 1.807) is 12.1 Å². The summed E-state index contributed by atoms with van der Waals surface area (Å²) in [5, 5.41) is 11.4. The minimum atomic E-state index is -1.06. The van der Waals surface area contributed by atoms with Gasteiger partial charge >= 0.3 is 5.97 Å². The summed E-state index contributed by atoms with van der Waals surface area (Å²) >= 11 is 0. The van der Waals surface area contributed by atoms with Crippen LogP contribution in [-0.2, 0) is 15.0 Å². The zero-order valence-corrected chi connectivity index (χ0v) is 11.4. The van der Waals surface area contributed by atoms with Crippen molar-refractivity contribution in [2.24, 2.45) is 0 Å². The van der Waals surface area contributed by atoms with Crippen molar-refractivity contribution in [3.63, 3.8) is 0 Å². The van der Waals surface area contributed by atoms with E-state index in [4.69, 9.17) is 5.11 Å². The number of hydrogen-bond acceptors (Lipinski definition) is 2. The van der Waals surface area contributed by atoms with Gasteiger partial charge in [-0.05, 0) is 37.5 Å². The van der Waals surface area contributed by atoms with Crippen molar-refractivity contribution >= 4 is 11.9 Å². The fourth-order valence-corrected chi connectivity index (χ4v) is 2.79. The van der Waals surface area contributed by atoms with Crippen LogP contribution in [-0.4, -0.2) is 23.0 Å². The van der Waals surface area contributed by atoms with Gasteiger partial charge < -0.3 is 10.4 Å². The van der Waals surface area contributed by atoms with Crippen LogP contribution in [0.4, 0.5) is 4.39 Å². The minimum Gasteiger partial charge on any atom is -0.480 e. The van der Waals surface area contributed by atoms with Crippen molar-refractivity contribution in [2.45, 2.75) is 44.1 Å². The fraction of sp³-hybridized carbons (Fsp3) is 0.467. The summed E-state index contributed by atoms with van der Waals surface area (Å²) in [5.41, 5.74) is 0.0312. The molecule has 0 bridgehead atoms. The number of amides is 1. The van der Waals surface area contributed by atoms with Crippen molar-refractivity contribution in [1.29, 1.82) is 0 Å². The Morgan fingerprint density at radius 2 is 1.80 bits per heavy atom. The molecule has 1 aromatic rings. The topological polar surface area (TPSA) is 66.4 Å². The Labute approximate surface area is 117 Å². The van der Waals surface area contributed by atoms with Gasteiger partial charge in [0.25, 0.3) is 0 Å². The van der Waals surface area contributed by atoms with E-state index in [0.717, 1.165) is 18.4 Å². The van der Waals surface area contributed by atoms with Gasteiger partial charge in [0.05, 0.1) is 5.41 Å². The van der Waals surface area contributed by atoms with Crippen molar-refractivity contribution in [1.82, 2.24) is 5.32 Å². The number of hydrogen-bond donors (Lipinski definition) is 2. The van der Waals surface area contributed by atoms with Crippen LogP contribution in [0.25, 0.3) is 0 Å². The Kier molecular flexibility index (Phi) is 4.06. The summed E-state index contributed by atoms with van der Waals surface area (Å²) in [6.07, 6.45) is 3.14. The third-order valence-electron chi connectivity index (χ3n) is 4.01. The summed E-state index contributed by atoms with van der Waals surface area (Å²) in [6, 6.07) is 4.98. The van der Waals surface area contributed by atoms with Crippen LogP contribution in [0.1, 0.15) is 38.2 Å². The maximum Gasteiger partial charge on any atom is 0.325 e. The summed E-state index contributed by atoms with van der Waals surface area (Å²) in [4.78, 5) is 23.4. The molecule has 1 amide bonds. The molecular formula is C15H18FNO3. The molecule has 0 heterocycles. The Bertz CT molecular complexity index is 506. The molecule has 108 valence electrons. The molecular weight excluding hydrogens is 261 g/mol. The Morgan fingerprint density at radius 3 is 2.30 bits per heavy atom. The second kappa shape index (κ2) is 5.61. The third kappa shape index (κ3) is 2.66. The number of carbonyl (C=O) groups is 2. The second-order valence-corrected chi connectivity index (χ2v) is 5.33. The van der Waals surface area contributed by atoms with E-state index >= 15 is 0 Å². The Balaban J connectivity index is 2.28. The highest BCUT2D eigenvalue weighted by atomic mass is 19.1. The van der Waals surface area contributed by atoms with Gasteiger partial charge in [0.15, 0.2) is 0 Å². The average molecular weight is 279 g/mol. The van der Waals surface area contributed by atoms with Crippen molar-refractivity contribution < 1.29 is 19.1 Å². The second-order valence-electron chi connectivity index (χ2n) is 5.33. The number of carboxylic acid groups (broad SMARTS) is 1. The molecule has 0 aromatic heterocycles. The highest BCUT2D eigenvalue weighted by Gasteiger charge is 2.43. The lowest BCUT2D eigenvalue weighted by Gasteiger charge is -2.29. The lowest BCUT2D eigenvalue weighted by Crippen LogP contribution is -2.48. The van der Waals surface area contributed by atoms with Crippen LogP contribution in [0.3, 0.4) is 0 Å². The molecule has 20 heavy (non-hydrogen) atoms. The van der Waals surface area contributed by atoms with Crippen LogP contribution < -0.4 is 5.32 Å². The number of carbonyl (C=O) groups excluding carboxylic acids is 1. The smallest absolute Gasteiger partial charge is 0.325 e. The Hall–Kier alpha value is -1.91. The van der Waals surface area contributed by atoms with E-state index in [2.05, 4.69) is 5.32 Å². The molecule has 1 unspecified atom stereocenters. The molecule has 1 fully saturated rings. The monoisotopic (exact) mass is 279 g/mol. The molecule has 1 saturated carbocycles. The van der Waals surface area contributed by atoms with Crippen LogP contribution in [0.2, 0.25) is 0 Å². The molecule has 0 saturated heterocycles. The molecule has 4 nitrogen and oxygen atoms in total. The summed E-state index contributed by atoms with van der Waals surface area (Å²) < 4.78 is 13.0. The average Bonchev–Trinajstić information content (AvgIpc) is 2.90. The minimum absolute atomic E-state index is 0.281. The number of aliphatic carboxylic acids is 1. The van der Waals surface area contributed by atoms with E-state index in [-0.39, 0.29) is 11.7 Å². The van der Waals surface area contributed by atoms with E-state index in [1.165, 1.54) is 19.1 Å². The van der Waals surface area contributed by atoms with E-state index < -0.39 is 17.4 Å². The predicted molar refractivity (Wildman–Crippen MR) is 71.8 cm³/mol. The van der Waals surface area contributed by atoms with Gasteiger partial charge in [-0.2, -0.15) is 0 Å².